The van der Waals surface area contributed by atoms with E-state index in [1.165, 1.54) is 11.8 Å². The summed E-state index contributed by atoms with van der Waals surface area (Å²) in [5.74, 6) is 0.0455. The highest BCUT2D eigenvalue weighted by molar-refractivity contribution is 8.02. The van der Waals surface area contributed by atoms with Crippen molar-refractivity contribution in [3.8, 4) is 0 Å². The zero-order valence-corrected chi connectivity index (χ0v) is 15.0. The number of hydrogen-bond donors (Lipinski definition) is 1. The largest absolute Gasteiger partial charge is 0.350 e. The van der Waals surface area contributed by atoms with Crippen molar-refractivity contribution in [2.45, 2.75) is 49.2 Å². The summed E-state index contributed by atoms with van der Waals surface area (Å²) in [7, 11) is 0. The lowest BCUT2D eigenvalue weighted by molar-refractivity contribution is -0.121. The number of nitrogens with zero attached hydrogens (tertiary/aromatic N) is 1. The second kappa shape index (κ2) is 6.55. The first kappa shape index (κ1) is 16.6. The van der Waals surface area contributed by atoms with Crippen LogP contribution < -0.4 is 5.32 Å². The Hall–Kier alpha value is -0.780. The molecule has 0 saturated heterocycles. The van der Waals surface area contributed by atoms with Crippen molar-refractivity contribution in [1.82, 2.24) is 10.3 Å². The third kappa shape index (κ3) is 4.34. The molecule has 3 nitrogen and oxygen atoms in total. The number of hydrogen-bond acceptors (Lipinski definition) is 4. The molecular weight excluding hydrogens is 324 g/mol. The molecule has 0 spiro atoms. The highest BCUT2D eigenvalue weighted by Gasteiger charge is 2.23. The normalized spacial score (nSPS) is 13.4. The van der Waals surface area contributed by atoms with Gasteiger partial charge in [0.2, 0.25) is 5.91 Å². The van der Waals surface area contributed by atoms with E-state index in [2.05, 4.69) is 17.2 Å². The second-order valence-corrected chi connectivity index (χ2v) is 8.63. The molecule has 0 aliphatic rings. The van der Waals surface area contributed by atoms with Crippen molar-refractivity contribution in [2.75, 3.05) is 0 Å². The van der Waals surface area contributed by atoms with Crippen LogP contribution in [0.15, 0.2) is 22.5 Å². The molecule has 2 rings (SSSR count). The molecule has 0 bridgehead atoms. The highest BCUT2D eigenvalue weighted by atomic mass is 35.5. The molecule has 0 saturated carbocycles. The molecule has 1 amide bonds. The summed E-state index contributed by atoms with van der Waals surface area (Å²) in [6, 6.07) is 5.67. The summed E-state index contributed by atoms with van der Waals surface area (Å²) >= 11 is 9.04. The molecule has 1 N–H and O–H groups in total. The van der Waals surface area contributed by atoms with Gasteiger partial charge in [-0.25, -0.2) is 4.98 Å². The molecule has 1 atom stereocenters. The third-order valence-corrected chi connectivity index (χ3v) is 5.79. The Balaban J connectivity index is 2.07. The molecule has 0 aliphatic carbocycles. The number of nitrogens with one attached hydrogen (secondary N) is 1. The van der Waals surface area contributed by atoms with Crippen LogP contribution in [0.1, 0.15) is 34.1 Å². The molecule has 1 aromatic heterocycles. The number of thioether (sulfide) groups is 1. The lowest BCUT2D eigenvalue weighted by Crippen LogP contribution is -2.46. The molecule has 0 fully saturated rings. The maximum Gasteiger partial charge on any atom is 0.233 e. The average molecular weight is 343 g/mol. The Morgan fingerprint density at radius 1 is 1.52 bits per heavy atom. The first-order chi connectivity index (χ1) is 9.80. The Morgan fingerprint density at radius 3 is 2.90 bits per heavy atom. The number of thiazole rings is 1. The van der Waals surface area contributed by atoms with Crippen LogP contribution in [0, 0.1) is 0 Å². The van der Waals surface area contributed by atoms with E-state index in [0.29, 0.717) is 5.02 Å². The lowest BCUT2D eigenvalue weighted by atomic mass is 10.0. The summed E-state index contributed by atoms with van der Waals surface area (Å²) in [4.78, 5) is 16.7. The van der Waals surface area contributed by atoms with Crippen molar-refractivity contribution in [3.05, 3.63) is 23.2 Å². The van der Waals surface area contributed by atoms with Crippen molar-refractivity contribution >= 4 is 50.8 Å². The molecular formula is C15H19ClN2OS2. The van der Waals surface area contributed by atoms with Crippen LogP contribution in [-0.4, -0.2) is 21.7 Å². The summed E-state index contributed by atoms with van der Waals surface area (Å²) in [6.45, 7) is 8.03. The van der Waals surface area contributed by atoms with Gasteiger partial charge in [-0.05, 0) is 45.4 Å². The number of aromatic nitrogens is 1. The van der Waals surface area contributed by atoms with Gasteiger partial charge >= 0.3 is 0 Å². The summed E-state index contributed by atoms with van der Waals surface area (Å²) in [6.07, 6.45) is 0.899. The standard InChI is InChI=1S/C15H19ClN2OS2/c1-5-15(3,4)18-13(19)9(2)20-14-17-11-8-10(16)6-7-12(11)21-14/h6-9H,5H2,1-4H3,(H,18,19). The maximum atomic E-state index is 12.2. The summed E-state index contributed by atoms with van der Waals surface area (Å²) < 4.78 is 1.98. The quantitative estimate of drug-likeness (QED) is 0.798. The van der Waals surface area contributed by atoms with Gasteiger partial charge in [0, 0.05) is 10.6 Å². The fourth-order valence-corrected chi connectivity index (χ4v) is 4.02. The predicted molar refractivity (Wildman–Crippen MR) is 92.5 cm³/mol. The Labute approximate surface area is 138 Å². The number of carbonyl (C=O) groups is 1. The first-order valence-electron chi connectivity index (χ1n) is 6.85. The zero-order valence-electron chi connectivity index (χ0n) is 12.6. The van der Waals surface area contributed by atoms with Crippen LogP contribution in [0.5, 0.6) is 0 Å². The number of halogens is 1. The topological polar surface area (TPSA) is 42.0 Å². The Bertz CT molecular complexity index is 654. The third-order valence-electron chi connectivity index (χ3n) is 3.32. The van der Waals surface area contributed by atoms with Gasteiger partial charge in [0.15, 0.2) is 4.34 Å². The number of fused-ring (bicyclic) bond motifs is 1. The molecule has 1 heterocycles. The molecule has 0 radical (unpaired) electrons. The van der Waals surface area contributed by atoms with E-state index < -0.39 is 0 Å². The molecule has 0 aliphatic heterocycles. The number of carbonyl (C=O) groups excluding carboxylic acids is 1. The lowest BCUT2D eigenvalue weighted by Gasteiger charge is -2.26. The van der Waals surface area contributed by atoms with E-state index >= 15 is 0 Å². The van der Waals surface area contributed by atoms with E-state index in [4.69, 9.17) is 11.6 Å². The second-order valence-electron chi connectivity index (χ2n) is 5.58. The summed E-state index contributed by atoms with van der Waals surface area (Å²) in [5, 5.41) is 3.57. The van der Waals surface area contributed by atoms with Crippen LogP contribution in [0.2, 0.25) is 5.02 Å². The van der Waals surface area contributed by atoms with Crippen molar-refractivity contribution in [1.29, 1.82) is 0 Å². The van der Waals surface area contributed by atoms with E-state index in [-0.39, 0.29) is 16.7 Å². The van der Waals surface area contributed by atoms with Gasteiger partial charge < -0.3 is 5.32 Å². The first-order valence-corrected chi connectivity index (χ1v) is 8.93. The van der Waals surface area contributed by atoms with Crippen LogP contribution in [0.3, 0.4) is 0 Å². The van der Waals surface area contributed by atoms with Gasteiger partial charge in [-0.1, -0.05) is 30.3 Å². The van der Waals surface area contributed by atoms with Gasteiger partial charge in [0.1, 0.15) is 0 Å². The van der Waals surface area contributed by atoms with E-state index in [0.717, 1.165) is 21.0 Å². The molecule has 6 heteroatoms. The van der Waals surface area contributed by atoms with E-state index in [1.807, 2.05) is 39.0 Å². The Kier molecular flexibility index (Phi) is 5.17. The van der Waals surface area contributed by atoms with Crippen LogP contribution in [-0.2, 0) is 4.79 Å². The average Bonchev–Trinajstić information content (AvgIpc) is 2.79. The van der Waals surface area contributed by atoms with Crippen LogP contribution >= 0.6 is 34.7 Å². The van der Waals surface area contributed by atoms with Gasteiger partial charge in [0.05, 0.1) is 15.5 Å². The van der Waals surface area contributed by atoms with Crippen molar-refractivity contribution in [2.24, 2.45) is 0 Å². The van der Waals surface area contributed by atoms with E-state index in [9.17, 15) is 4.79 Å². The number of rotatable bonds is 5. The van der Waals surface area contributed by atoms with Gasteiger partial charge in [-0.3, -0.25) is 4.79 Å². The molecule has 114 valence electrons. The molecule has 1 aromatic carbocycles. The minimum atomic E-state index is -0.174. The van der Waals surface area contributed by atoms with Gasteiger partial charge in [0.25, 0.3) is 0 Å². The van der Waals surface area contributed by atoms with E-state index in [1.54, 1.807) is 11.3 Å². The molecule has 2 aromatic rings. The van der Waals surface area contributed by atoms with Gasteiger partial charge in [-0.15, -0.1) is 11.3 Å². The smallest absolute Gasteiger partial charge is 0.233 e. The fourth-order valence-electron chi connectivity index (χ4n) is 1.66. The maximum absolute atomic E-state index is 12.2. The number of benzene rings is 1. The van der Waals surface area contributed by atoms with Crippen molar-refractivity contribution < 1.29 is 4.79 Å². The van der Waals surface area contributed by atoms with Crippen LogP contribution in [0.25, 0.3) is 10.2 Å². The highest BCUT2D eigenvalue weighted by Crippen LogP contribution is 2.33. The van der Waals surface area contributed by atoms with Gasteiger partial charge in [-0.2, -0.15) is 0 Å². The predicted octanol–water partition coefficient (Wildman–Crippen LogP) is 4.74. The molecule has 1 unspecified atom stereocenters. The monoisotopic (exact) mass is 342 g/mol. The van der Waals surface area contributed by atoms with Crippen LogP contribution in [0.4, 0.5) is 0 Å². The minimum absolute atomic E-state index is 0.0455. The van der Waals surface area contributed by atoms with Crippen molar-refractivity contribution in [3.63, 3.8) is 0 Å². The minimum Gasteiger partial charge on any atom is -0.350 e. The SMILES string of the molecule is CCC(C)(C)NC(=O)C(C)Sc1nc2cc(Cl)ccc2s1. The molecule has 21 heavy (non-hydrogen) atoms. The fraction of sp³-hybridized carbons (Fsp3) is 0.467. The zero-order chi connectivity index (χ0) is 15.6. The Morgan fingerprint density at radius 2 is 2.24 bits per heavy atom. The number of amides is 1. The summed E-state index contributed by atoms with van der Waals surface area (Å²) in [5.41, 5.74) is 0.712.